The molecule has 0 saturated carbocycles. The molecule has 0 spiro atoms. The second-order valence-corrected chi connectivity index (χ2v) is 5.81. The highest BCUT2D eigenvalue weighted by molar-refractivity contribution is 5.88. The normalized spacial score (nSPS) is 27.0. The van der Waals surface area contributed by atoms with Crippen molar-refractivity contribution < 1.29 is 19.4 Å². The topological polar surface area (TPSA) is 78.9 Å². The van der Waals surface area contributed by atoms with E-state index in [-0.39, 0.29) is 30.8 Å². The number of hydrogen-bond acceptors (Lipinski definition) is 4. The highest BCUT2D eigenvalue weighted by atomic mass is 16.5. The van der Waals surface area contributed by atoms with E-state index in [2.05, 4.69) is 5.32 Å². The van der Waals surface area contributed by atoms with E-state index in [1.54, 1.807) is 0 Å². The second kappa shape index (κ2) is 5.96. The minimum Gasteiger partial charge on any atom is -0.493 e. The van der Waals surface area contributed by atoms with Crippen LogP contribution in [-0.4, -0.2) is 47.1 Å². The molecule has 2 amide bonds. The predicted octanol–water partition coefficient (Wildman–Crippen LogP) is 0.608. The summed E-state index contributed by atoms with van der Waals surface area (Å²) in [5.41, 5.74) is 0.954. The average molecular weight is 304 g/mol. The number of aliphatic hydroxyl groups is 1. The van der Waals surface area contributed by atoms with Gasteiger partial charge in [-0.1, -0.05) is 18.2 Å². The van der Waals surface area contributed by atoms with E-state index in [9.17, 15) is 14.7 Å². The van der Waals surface area contributed by atoms with Crippen LogP contribution in [0.4, 0.5) is 0 Å². The van der Waals surface area contributed by atoms with E-state index < -0.39 is 12.1 Å². The van der Waals surface area contributed by atoms with Gasteiger partial charge in [-0.3, -0.25) is 9.59 Å². The molecule has 1 saturated heterocycles. The fourth-order valence-corrected chi connectivity index (χ4v) is 3.17. The first kappa shape index (κ1) is 14.8. The van der Waals surface area contributed by atoms with Crippen molar-refractivity contribution in [2.45, 2.75) is 38.0 Å². The lowest BCUT2D eigenvalue weighted by atomic mass is 10.00. The monoisotopic (exact) mass is 304 g/mol. The van der Waals surface area contributed by atoms with Gasteiger partial charge in [0.1, 0.15) is 11.8 Å². The van der Waals surface area contributed by atoms with Gasteiger partial charge in [0.05, 0.1) is 18.8 Å². The van der Waals surface area contributed by atoms with Crippen molar-refractivity contribution in [3.05, 3.63) is 29.8 Å². The van der Waals surface area contributed by atoms with Crippen LogP contribution in [0.25, 0.3) is 0 Å². The summed E-state index contributed by atoms with van der Waals surface area (Å²) in [6.07, 6.45) is 0.343. The summed E-state index contributed by atoms with van der Waals surface area (Å²) in [6.45, 7) is 2.19. The summed E-state index contributed by atoms with van der Waals surface area (Å²) in [5.74, 6) is 0.381. The summed E-state index contributed by atoms with van der Waals surface area (Å²) in [5, 5.41) is 12.7. The van der Waals surface area contributed by atoms with Crippen LogP contribution >= 0.6 is 0 Å². The third-order valence-electron chi connectivity index (χ3n) is 4.26. The molecule has 0 aliphatic carbocycles. The number of likely N-dealkylation sites (tertiary alicyclic amines) is 1. The Morgan fingerprint density at radius 2 is 2.14 bits per heavy atom. The standard InChI is InChI=1S/C16H20N2O4/c1-10(19)18-9-11(20)8-14(18)16(21)17-13-6-7-22-15-5-3-2-4-12(13)15/h2-5,11,13-14,20H,6-9H2,1H3,(H,17,21)/t11-,13?,14+/m0/s1. The van der Waals surface area contributed by atoms with Crippen LogP contribution in [0.1, 0.15) is 31.4 Å². The molecule has 0 aromatic heterocycles. The van der Waals surface area contributed by atoms with Crippen LogP contribution in [-0.2, 0) is 9.59 Å². The highest BCUT2D eigenvalue weighted by Gasteiger charge is 2.38. The third-order valence-corrected chi connectivity index (χ3v) is 4.26. The van der Waals surface area contributed by atoms with Gasteiger partial charge < -0.3 is 20.1 Å². The third kappa shape index (κ3) is 2.78. The van der Waals surface area contributed by atoms with Crippen molar-refractivity contribution in [3.63, 3.8) is 0 Å². The van der Waals surface area contributed by atoms with Crippen LogP contribution in [0, 0.1) is 0 Å². The van der Waals surface area contributed by atoms with Gasteiger partial charge in [0, 0.05) is 31.9 Å². The molecule has 1 aromatic carbocycles. The Hall–Kier alpha value is -2.08. The zero-order valence-electron chi connectivity index (χ0n) is 12.5. The van der Waals surface area contributed by atoms with E-state index in [4.69, 9.17) is 4.74 Å². The van der Waals surface area contributed by atoms with Crippen molar-refractivity contribution in [2.24, 2.45) is 0 Å². The molecule has 6 nitrogen and oxygen atoms in total. The Morgan fingerprint density at radius 1 is 1.36 bits per heavy atom. The minimum absolute atomic E-state index is 0.121. The summed E-state index contributed by atoms with van der Waals surface area (Å²) in [6, 6.07) is 6.91. The Kier molecular flexibility index (Phi) is 4.02. The van der Waals surface area contributed by atoms with Crippen LogP contribution in [0.3, 0.4) is 0 Å². The van der Waals surface area contributed by atoms with E-state index in [1.807, 2.05) is 24.3 Å². The molecule has 6 heteroatoms. The lowest BCUT2D eigenvalue weighted by Gasteiger charge is -2.29. The Morgan fingerprint density at radius 3 is 2.91 bits per heavy atom. The van der Waals surface area contributed by atoms with Crippen LogP contribution in [0.5, 0.6) is 5.75 Å². The van der Waals surface area contributed by atoms with E-state index >= 15 is 0 Å². The molecule has 22 heavy (non-hydrogen) atoms. The fourth-order valence-electron chi connectivity index (χ4n) is 3.17. The number of rotatable bonds is 2. The van der Waals surface area contributed by atoms with E-state index in [0.29, 0.717) is 13.0 Å². The smallest absolute Gasteiger partial charge is 0.243 e. The zero-order chi connectivity index (χ0) is 15.7. The van der Waals surface area contributed by atoms with Crippen molar-refractivity contribution in [2.75, 3.05) is 13.2 Å². The molecule has 2 heterocycles. The maximum absolute atomic E-state index is 12.5. The maximum Gasteiger partial charge on any atom is 0.243 e. The number of nitrogens with one attached hydrogen (secondary N) is 1. The van der Waals surface area contributed by atoms with Crippen molar-refractivity contribution >= 4 is 11.8 Å². The molecule has 118 valence electrons. The SMILES string of the molecule is CC(=O)N1C[C@@H](O)C[C@@H]1C(=O)NC1CCOc2ccccc21. The predicted molar refractivity (Wildman–Crippen MR) is 79.2 cm³/mol. The number of hydrogen-bond donors (Lipinski definition) is 2. The van der Waals surface area contributed by atoms with Gasteiger partial charge in [-0.2, -0.15) is 0 Å². The number of nitrogens with zero attached hydrogens (tertiary/aromatic N) is 1. The molecule has 3 rings (SSSR count). The van der Waals surface area contributed by atoms with E-state index in [0.717, 1.165) is 11.3 Å². The minimum atomic E-state index is -0.637. The molecule has 2 aliphatic rings. The summed E-state index contributed by atoms with van der Waals surface area (Å²) >= 11 is 0. The molecular formula is C16H20N2O4. The molecule has 2 aliphatic heterocycles. The first-order valence-electron chi connectivity index (χ1n) is 7.53. The molecule has 2 N–H and O–H groups in total. The zero-order valence-corrected chi connectivity index (χ0v) is 12.5. The average Bonchev–Trinajstić information content (AvgIpc) is 2.90. The number of carbonyl (C=O) groups is 2. The first-order valence-corrected chi connectivity index (χ1v) is 7.53. The number of amides is 2. The lowest BCUT2D eigenvalue weighted by molar-refractivity contribution is -0.137. The highest BCUT2D eigenvalue weighted by Crippen LogP contribution is 2.32. The van der Waals surface area contributed by atoms with Crippen molar-refractivity contribution in [3.8, 4) is 5.75 Å². The number of ether oxygens (including phenoxy) is 1. The van der Waals surface area contributed by atoms with Crippen LogP contribution < -0.4 is 10.1 Å². The van der Waals surface area contributed by atoms with E-state index in [1.165, 1.54) is 11.8 Å². The molecule has 0 radical (unpaired) electrons. The molecule has 0 bridgehead atoms. The molecular weight excluding hydrogens is 284 g/mol. The van der Waals surface area contributed by atoms with Gasteiger partial charge in [0.25, 0.3) is 0 Å². The summed E-state index contributed by atoms with van der Waals surface area (Å²) in [7, 11) is 0. The lowest BCUT2D eigenvalue weighted by Crippen LogP contribution is -2.46. The maximum atomic E-state index is 12.5. The summed E-state index contributed by atoms with van der Waals surface area (Å²) < 4.78 is 5.58. The van der Waals surface area contributed by atoms with Crippen LogP contribution in [0.2, 0.25) is 0 Å². The molecule has 3 atom stereocenters. The quantitative estimate of drug-likeness (QED) is 0.839. The van der Waals surface area contributed by atoms with Gasteiger partial charge in [-0.15, -0.1) is 0 Å². The molecule has 1 unspecified atom stereocenters. The Labute approximate surface area is 129 Å². The number of β-amino-alcohol motifs (C(OH)–C–C–N with tert-alkyl or cyclic N) is 1. The molecule has 1 aromatic rings. The van der Waals surface area contributed by atoms with Gasteiger partial charge >= 0.3 is 0 Å². The number of para-hydroxylation sites is 1. The van der Waals surface area contributed by atoms with Gasteiger partial charge in [-0.25, -0.2) is 0 Å². The largest absolute Gasteiger partial charge is 0.493 e. The number of aliphatic hydroxyl groups excluding tert-OH is 1. The van der Waals surface area contributed by atoms with Crippen molar-refractivity contribution in [1.82, 2.24) is 10.2 Å². The van der Waals surface area contributed by atoms with Gasteiger partial charge in [0.15, 0.2) is 0 Å². The number of carbonyl (C=O) groups excluding carboxylic acids is 2. The number of fused-ring (bicyclic) bond motifs is 1. The van der Waals surface area contributed by atoms with Gasteiger partial charge in [-0.05, 0) is 6.07 Å². The molecule has 1 fully saturated rings. The first-order chi connectivity index (χ1) is 10.6. The van der Waals surface area contributed by atoms with Crippen molar-refractivity contribution in [1.29, 1.82) is 0 Å². The van der Waals surface area contributed by atoms with Gasteiger partial charge in [0.2, 0.25) is 11.8 Å². The summed E-state index contributed by atoms with van der Waals surface area (Å²) in [4.78, 5) is 25.6. The number of benzene rings is 1. The second-order valence-electron chi connectivity index (χ2n) is 5.81. The fraction of sp³-hybridized carbons (Fsp3) is 0.500. The Balaban J connectivity index is 1.74. The Bertz CT molecular complexity index is 589. The van der Waals surface area contributed by atoms with Crippen LogP contribution in [0.15, 0.2) is 24.3 Å².